The van der Waals surface area contributed by atoms with Crippen LogP contribution in [0.3, 0.4) is 0 Å². The predicted molar refractivity (Wildman–Crippen MR) is 81.1 cm³/mol. The molecule has 2 nitrogen and oxygen atoms in total. The summed E-state index contributed by atoms with van der Waals surface area (Å²) in [6.45, 7) is 8.53. The maximum absolute atomic E-state index is 6.18. The minimum atomic E-state index is -0.214. The molecule has 1 aliphatic carbocycles. The fourth-order valence-corrected chi connectivity index (χ4v) is 2.78. The summed E-state index contributed by atoms with van der Waals surface area (Å²) in [5.74, 6) is 0. The highest BCUT2D eigenvalue weighted by Crippen LogP contribution is 2.39. The molecule has 3 heteroatoms. The van der Waals surface area contributed by atoms with Crippen LogP contribution in [0, 0.1) is 0 Å². The maximum atomic E-state index is 6.18. The Bertz CT molecular complexity index is 318. The van der Waals surface area contributed by atoms with E-state index in [-0.39, 0.29) is 18.3 Å². The van der Waals surface area contributed by atoms with Gasteiger partial charge in [0.05, 0.1) is 11.2 Å². The van der Waals surface area contributed by atoms with Gasteiger partial charge in [-0.1, -0.05) is 38.2 Å². The van der Waals surface area contributed by atoms with Gasteiger partial charge in [0.2, 0.25) is 0 Å². The van der Waals surface area contributed by atoms with Crippen molar-refractivity contribution in [2.75, 3.05) is 0 Å². The number of hydrogen-bond acceptors (Lipinski definition) is 2. The summed E-state index contributed by atoms with van der Waals surface area (Å²) in [6.07, 6.45) is 12.8. The Morgan fingerprint density at radius 3 is 2.00 bits per heavy atom. The molecule has 0 aromatic carbocycles. The molecule has 0 atom stereocenters. The molecule has 0 unspecified atom stereocenters. The fraction of sp³-hybridized carbons (Fsp3) is 0.875. The van der Waals surface area contributed by atoms with E-state index in [0.29, 0.717) is 0 Å². The van der Waals surface area contributed by atoms with Gasteiger partial charge in [0.25, 0.3) is 0 Å². The molecule has 2 aliphatic rings. The molecule has 0 bridgehead atoms. The molecule has 0 radical (unpaired) electrons. The van der Waals surface area contributed by atoms with Crippen LogP contribution in [0.4, 0.5) is 0 Å². The molecule has 0 N–H and O–H groups in total. The molecule has 19 heavy (non-hydrogen) atoms. The highest BCUT2D eigenvalue weighted by Gasteiger charge is 2.52. The van der Waals surface area contributed by atoms with E-state index in [1.165, 1.54) is 50.4 Å². The van der Waals surface area contributed by atoms with E-state index < -0.39 is 0 Å². The number of rotatable bonds is 1. The van der Waals surface area contributed by atoms with E-state index >= 15 is 0 Å². The van der Waals surface area contributed by atoms with Crippen molar-refractivity contribution in [2.45, 2.75) is 90.3 Å². The Hall–Kier alpha value is -0.275. The quantitative estimate of drug-likeness (QED) is 0.640. The predicted octanol–water partition coefficient (Wildman–Crippen LogP) is 4.68. The van der Waals surface area contributed by atoms with Crippen molar-refractivity contribution in [3.05, 3.63) is 11.5 Å². The standard InChI is InChI=1S/C16H29BO2/c1-15(2)16(3,4)19-17(18-15)14-12-10-8-6-5-7-9-11-13-14/h12H,5-11,13H2,1-4H3/b14-12-. The second kappa shape index (κ2) is 6.01. The minimum Gasteiger partial charge on any atom is -0.400 e. The average Bonchev–Trinajstić information content (AvgIpc) is 2.55. The number of hydrogen-bond donors (Lipinski definition) is 0. The molecule has 1 fully saturated rings. The Labute approximate surface area is 119 Å². The molecule has 2 rings (SSSR count). The van der Waals surface area contributed by atoms with Gasteiger partial charge in [-0.15, -0.1) is 0 Å². The van der Waals surface area contributed by atoms with Gasteiger partial charge in [-0.05, 0) is 52.4 Å². The maximum Gasteiger partial charge on any atom is 0.490 e. The van der Waals surface area contributed by atoms with Gasteiger partial charge in [0.15, 0.2) is 0 Å². The van der Waals surface area contributed by atoms with Crippen LogP contribution in [0.15, 0.2) is 11.5 Å². The van der Waals surface area contributed by atoms with Crippen LogP contribution in [0.1, 0.15) is 79.1 Å². The smallest absolute Gasteiger partial charge is 0.400 e. The highest BCUT2D eigenvalue weighted by atomic mass is 16.7. The summed E-state index contributed by atoms with van der Waals surface area (Å²) in [5.41, 5.74) is 0.947. The summed E-state index contributed by atoms with van der Waals surface area (Å²) in [6, 6.07) is 0. The van der Waals surface area contributed by atoms with Gasteiger partial charge in [0, 0.05) is 0 Å². The zero-order valence-corrected chi connectivity index (χ0v) is 13.1. The van der Waals surface area contributed by atoms with E-state index in [0.717, 1.165) is 6.42 Å². The molecular formula is C16H29BO2. The molecular weight excluding hydrogens is 235 g/mol. The van der Waals surface area contributed by atoms with E-state index in [2.05, 4.69) is 33.8 Å². The fourth-order valence-electron chi connectivity index (χ4n) is 2.78. The summed E-state index contributed by atoms with van der Waals surface area (Å²) in [7, 11) is -0.121. The van der Waals surface area contributed by atoms with Crippen molar-refractivity contribution < 1.29 is 9.31 Å². The third-order valence-electron chi connectivity index (χ3n) is 4.88. The van der Waals surface area contributed by atoms with Crippen LogP contribution in [0.5, 0.6) is 0 Å². The first kappa shape index (κ1) is 15.1. The second-order valence-electron chi connectivity index (χ2n) is 7.03. The largest absolute Gasteiger partial charge is 0.490 e. The summed E-state index contributed by atoms with van der Waals surface area (Å²) in [5, 5.41) is 0. The number of allylic oxidation sites excluding steroid dienone is 2. The normalized spacial score (nSPS) is 30.7. The molecule has 1 aliphatic heterocycles. The lowest BCUT2D eigenvalue weighted by Gasteiger charge is -2.32. The molecule has 0 amide bonds. The highest BCUT2D eigenvalue weighted by molar-refractivity contribution is 6.54. The van der Waals surface area contributed by atoms with Crippen LogP contribution >= 0.6 is 0 Å². The third kappa shape index (κ3) is 3.63. The lowest BCUT2D eigenvalue weighted by Crippen LogP contribution is -2.41. The van der Waals surface area contributed by atoms with Crippen LogP contribution in [0.2, 0.25) is 0 Å². The van der Waals surface area contributed by atoms with E-state index in [1.807, 2.05) is 0 Å². The van der Waals surface area contributed by atoms with Gasteiger partial charge < -0.3 is 9.31 Å². The van der Waals surface area contributed by atoms with Crippen LogP contribution in [-0.2, 0) is 9.31 Å². The lowest BCUT2D eigenvalue weighted by atomic mass is 9.74. The molecule has 0 saturated carbocycles. The SMILES string of the molecule is CC1(C)OB(/C2=C\CCCCCCCC2)OC1(C)C. The first-order valence-electron chi connectivity index (χ1n) is 7.97. The van der Waals surface area contributed by atoms with Gasteiger partial charge >= 0.3 is 7.12 Å². The minimum absolute atomic E-state index is 0.121. The summed E-state index contributed by atoms with van der Waals surface area (Å²) < 4.78 is 12.4. The van der Waals surface area contributed by atoms with Crippen molar-refractivity contribution >= 4 is 7.12 Å². The van der Waals surface area contributed by atoms with Gasteiger partial charge in [-0.3, -0.25) is 0 Å². The summed E-state index contributed by atoms with van der Waals surface area (Å²) >= 11 is 0. The van der Waals surface area contributed by atoms with Crippen molar-refractivity contribution in [3.8, 4) is 0 Å². The van der Waals surface area contributed by atoms with Crippen LogP contribution in [0.25, 0.3) is 0 Å². The Kier molecular flexibility index (Phi) is 4.78. The van der Waals surface area contributed by atoms with Gasteiger partial charge in [-0.25, -0.2) is 0 Å². The van der Waals surface area contributed by atoms with Gasteiger partial charge in [-0.2, -0.15) is 0 Å². The topological polar surface area (TPSA) is 18.5 Å². The van der Waals surface area contributed by atoms with Gasteiger partial charge in [0.1, 0.15) is 0 Å². The summed E-state index contributed by atoms with van der Waals surface area (Å²) in [4.78, 5) is 0. The van der Waals surface area contributed by atoms with Crippen molar-refractivity contribution in [1.82, 2.24) is 0 Å². The van der Waals surface area contributed by atoms with Crippen molar-refractivity contribution in [3.63, 3.8) is 0 Å². The van der Waals surface area contributed by atoms with Crippen molar-refractivity contribution in [1.29, 1.82) is 0 Å². The molecule has 1 heterocycles. The molecule has 0 aromatic heterocycles. The van der Waals surface area contributed by atoms with Crippen LogP contribution < -0.4 is 0 Å². The molecule has 0 spiro atoms. The Morgan fingerprint density at radius 1 is 0.842 bits per heavy atom. The van der Waals surface area contributed by atoms with Crippen LogP contribution in [-0.4, -0.2) is 18.3 Å². The van der Waals surface area contributed by atoms with Crippen molar-refractivity contribution in [2.24, 2.45) is 0 Å². The van der Waals surface area contributed by atoms with E-state index in [1.54, 1.807) is 0 Å². The first-order chi connectivity index (χ1) is 8.92. The molecule has 0 aromatic rings. The third-order valence-corrected chi connectivity index (χ3v) is 4.88. The zero-order valence-electron chi connectivity index (χ0n) is 13.1. The monoisotopic (exact) mass is 264 g/mol. The van der Waals surface area contributed by atoms with E-state index in [4.69, 9.17) is 9.31 Å². The van der Waals surface area contributed by atoms with E-state index in [9.17, 15) is 0 Å². The lowest BCUT2D eigenvalue weighted by molar-refractivity contribution is 0.00578. The first-order valence-corrected chi connectivity index (χ1v) is 7.97. The Balaban J connectivity index is 2.04. The molecule has 1 saturated heterocycles. The second-order valence-corrected chi connectivity index (χ2v) is 7.03. The Morgan fingerprint density at radius 2 is 1.37 bits per heavy atom. The average molecular weight is 264 g/mol. The molecule has 108 valence electrons. The zero-order chi connectivity index (χ0) is 13.9.